The third-order valence-corrected chi connectivity index (χ3v) is 5.54. The van der Waals surface area contributed by atoms with E-state index in [0.29, 0.717) is 25.0 Å². The summed E-state index contributed by atoms with van der Waals surface area (Å²) in [4.78, 5) is 9.51. The van der Waals surface area contributed by atoms with Gasteiger partial charge in [0.2, 0.25) is 5.82 Å². The lowest BCUT2D eigenvalue weighted by Crippen LogP contribution is -2.07. The van der Waals surface area contributed by atoms with Crippen LogP contribution >= 0.6 is 0 Å². The Bertz CT molecular complexity index is 1390. The third-order valence-electron chi connectivity index (χ3n) is 5.54. The number of aromatic amines is 1. The summed E-state index contributed by atoms with van der Waals surface area (Å²) < 4.78 is 8.04. The molecule has 3 aromatic heterocycles. The molecule has 166 valence electrons. The zero-order valence-electron chi connectivity index (χ0n) is 18.9. The molecule has 0 fully saturated rings. The predicted molar refractivity (Wildman–Crippen MR) is 127 cm³/mol. The number of tetrazole rings is 1. The second-order valence-corrected chi connectivity index (χ2v) is 8.06. The summed E-state index contributed by atoms with van der Waals surface area (Å²) in [6.45, 7) is 7.40. The summed E-state index contributed by atoms with van der Waals surface area (Å²) in [7, 11) is 0. The van der Waals surface area contributed by atoms with Gasteiger partial charge in [0, 0.05) is 11.3 Å². The van der Waals surface area contributed by atoms with Crippen molar-refractivity contribution in [1.82, 2.24) is 35.2 Å². The van der Waals surface area contributed by atoms with E-state index in [1.807, 2.05) is 25.1 Å². The summed E-state index contributed by atoms with van der Waals surface area (Å²) in [5, 5.41) is 14.5. The minimum atomic E-state index is 0.578. The van der Waals surface area contributed by atoms with E-state index in [2.05, 4.69) is 75.4 Å². The van der Waals surface area contributed by atoms with Crippen LogP contribution < -0.4 is 4.74 Å². The molecular weight excluding hydrogens is 414 g/mol. The summed E-state index contributed by atoms with van der Waals surface area (Å²) in [6, 6.07) is 19.2. The Balaban J connectivity index is 1.50. The first-order valence-corrected chi connectivity index (χ1v) is 11.0. The molecule has 0 spiro atoms. The topological polar surface area (TPSA) is 94.4 Å². The van der Waals surface area contributed by atoms with Gasteiger partial charge in [-0.3, -0.25) is 4.57 Å². The van der Waals surface area contributed by atoms with E-state index in [0.717, 1.165) is 51.1 Å². The molecule has 0 atom stereocenters. The molecule has 33 heavy (non-hydrogen) atoms. The van der Waals surface area contributed by atoms with Gasteiger partial charge in [-0.15, -0.1) is 10.2 Å². The van der Waals surface area contributed by atoms with Crippen molar-refractivity contribution in [3.05, 3.63) is 71.4 Å². The molecule has 5 aromatic rings. The number of fused-ring (bicyclic) bond motifs is 1. The Hall–Kier alpha value is -4.07. The molecule has 0 bridgehead atoms. The molecule has 8 heteroatoms. The highest BCUT2D eigenvalue weighted by Gasteiger charge is 2.16. The van der Waals surface area contributed by atoms with Crippen molar-refractivity contribution in [1.29, 1.82) is 0 Å². The van der Waals surface area contributed by atoms with E-state index < -0.39 is 0 Å². The van der Waals surface area contributed by atoms with Gasteiger partial charge in [-0.2, -0.15) is 10.2 Å². The smallest absolute Gasteiger partial charge is 0.298 e. The van der Waals surface area contributed by atoms with Crippen molar-refractivity contribution in [2.75, 3.05) is 6.61 Å². The number of hydrogen-bond acceptors (Lipinski definition) is 6. The molecule has 5 rings (SSSR count). The second kappa shape index (κ2) is 8.82. The molecule has 0 aliphatic heterocycles. The Labute approximate surface area is 191 Å². The Morgan fingerprint density at radius 1 is 0.970 bits per heavy atom. The van der Waals surface area contributed by atoms with Crippen LogP contribution in [0.4, 0.5) is 0 Å². The largest absolute Gasteiger partial charge is 0.465 e. The fourth-order valence-corrected chi connectivity index (χ4v) is 4.01. The first kappa shape index (κ1) is 20.8. The molecular formula is C25H25N7O. The fraction of sp³-hybridized carbons (Fsp3) is 0.240. The standard InChI is InChI=1S/C25H25N7O/c1-4-13-33-25-27-22-16(2)14-17(3)26-24(22)32(25)15-18-9-11-19(12-10-18)20-7-5-6-8-21(20)23-28-30-31-29-23/h5-12,14H,4,13,15H2,1-3H3,(H,28,29,30,31). The maximum atomic E-state index is 5.98. The highest BCUT2D eigenvalue weighted by Crippen LogP contribution is 2.30. The Kier molecular flexibility index (Phi) is 5.56. The van der Waals surface area contributed by atoms with Crippen molar-refractivity contribution in [2.24, 2.45) is 0 Å². The third kappa shape index (κ3) is 4.07. The number of pyridine rings is 1. The summed E-state index contributed by atoms with van der Waals surface area (Å²) in [6.07, 6.45) is 0.920. The van der Waals surface area contributed by atoms with E-state index in [1.165, 1.54) is 0 Å². The highest BCUT2D eigenvalue weighted by molar-refractivity contribution is 5.80. The van der Waals surface area contributed by atoms with Crippen molar-refractivity contribution in [3.8, 4) is 28.5 Å². The van der Waals surface area contributed by atoms with E-state index in [-0.39, 0.29) is 0 Å². The minimum absolute atomic E-state index is 0.578. The summed E-state index contributed by atoms with van der Waals surface area (Å²) >= 11 is 0. The second-order valence-electron chi connectivity index (χ2n) is 8.06. The van der Waals surface area contributed by atoms with Gasteiger partial charge in [0.15, 0.2) is 5.65 Å². The van der Waals surface area contributed by atoms with Crippen LogP contribution in [-0.2, 0) is 6.54 Å². The molecule has 8 nitrogen and oxygen atoms in total. The number of nitrogens with zero attached hydrogens (tertiary/aromatic N) is 6. The molecule has 1 N–H and O–H groups in total. The number of aromatic nitrogens is 7. The van der Waals surface area contributed by atoms with E-state index >= 15 is 0 Å². The summed E-state index contributed by atoms with van der Waals surface area (Å²) in [5.74, 6) is 0.578. The van der Waals surface area contributed by atoms with Crippen molar-refractivity contribution >= 4 is 11.2 Å². The number of aryl methyl sites for hydroxylation is 2. The van der Waals surface area contributed by atoms with Gasteiger partial charge in [0.05, 0.1) is 13.2 Å². The van der Waals surface area contributed by atoms with Crippen LogP contribution in [0, 0.1) is 13.8 Å². The highest BCUT2D eigenvalue weighted by atomic mass is 16.5. The number of ether oxygens (including phenoxy) is 1. The molecule has 0 radical (unpaired) electrons. The van der Waals surface area contributed by atoms with Gasteiger partial charge >= 0.3 is 0 Å². The lowest BCUT2D eigenvalue weighted by atomic mass is 9.98. The molecule has 0 amide bonds. The monoisotopic (exact) mass is 439 g/mol. The van der Waals surface area contributed by atoms with Gasteiger partial charge in [-0.25, -0.2) is 4.98 Å². The first-order chi connectivity index (χ1) is 16.1. The summed E-state index contributed by atoms with van der Waals surface area (Å²) in [5.41, 5.74) is 8.02. The van der Waals surface area contributed by atoms with Crippen LogP contribution in [0.3, 0.4) is 0 Å². The molecule has 0 saturated heterocycles. The van der Waals surface area contributed by atoms with Crippen LogP contribution in [0.25, 0.3) is 33.7 Å². The maximum absolute atomic E-state index is 5.98. The van der Waals surface area contributed by atoms with Gasteiger partial charge in [-0.05, 0) is 53.8 Å². The van der Waals surface area contributed by atoms with Crippen molar-refractivity contribution in [2.45, 2.75) is 33.7 Å². The number of nitrogens with one attached hydrogen (secondary N) is 1. The molecule has 3 heterocycles. The number of rotatable bonds is 7. The predicted octanol–water partition coefficient (Wildman–Crippen LogP) is 4.73. The number of H-pyrrole nitrogens is 1. The minimum Gasteiger partial charge on any atom is -0.465 e. The number of benzene rings is 2. The Morgan fingerprint density at radius 3 is 2.48 bits per heavy atom. The van der Waals surface area contributed by atoms with Crippen LogP contribution in [0.1, 0.15) is 30.2 Å². The van der Waals surface area contributed by atoms with E-state index in [1.54, 1.807) is 0 Å². The van der Waals surface area contributed by atoms with E-state index in [4.69, 9.17) is 14.7 Å². The number of hydrogen-bond donors (Lipinski definition) is 1. The zero-order valence-corrected chi connectivity index (χ0v) is 18.9. The molecule has 0 aliphatic carbocycles. The SMILES string of the molecule is CCCOc1nc2c(C)cc(C)nc2n1Cc1ccc(-c2ccccc2-c2nn[nH]n2)cc1. The lowest BCUT2D eigenvalue weighted by molar-refractivity contribution is 0.282. The Morgan fingerprint density at radius 2 is 1.76 bits per heavy atom. The average molecular weight is 440 g/mol. The molecule has 0 saturated carbocycles. The normalized spacial score (nSPS) is 11.2. The molecule has 0 unspecified atom stereocenters. The average Bonchev–Trinajstić information content (AvgIpc) is 3.48. The van der Waals surface area contributed by atoms with Crippen LogP contribution in [-0.4, -0.2) is 41.8 Å². The van der Waals surface area contributed by atoms with Crippen LogP contribution in [0.15, 0.2) is 54.6 Å². The quantitative estimate of drug-likeness (QED) is 0.394. The van der Waals surface area contributed by atoms with Gasteiger partial charge in [0.1, 0.15) is 5.52 Å². The van der Waals surface area contributed by atoms with Crippen molar-refractivity contribution in [3.63, 3.8) is 0 Å². The van der Waals surface area contributed by atoms with Gasteiger partial charge in [0.25, 0.3) is 6.01 Å². The van der Waals surface area contributed by atoms with E-state index in [9.17, 15) is 0 Å². The fourth-order valence-electron chi connectivity index (χ4n) is 4.01. The maximum Gasteiger partial charge on any atom is 0.298 e. The van der Waals surface area contributed by atoms with Gasteiger partial charge in [-0.1, -0.05) is 55.5 Å². The lowest BCUT2D eigenvalue weighted by Gasteiger charge is -2.11. The van der Waals surface area contributed by atoms with Crippen molar-refractivity contribution < 1.29 is 4.74 Å². The zero-order chi connectivity index (χ0) is 22.8. The number of imidazole rings is 1. The van der Waals surface area contributed by atoms with Gasteiger partial charge < -0.3 is 4.74 Å². The molecule has 2 aromatic carbocycles. The van der Waals surface area contributed by atoms with Crippen LogP contribution in [0.2, 0.25) is 0 Å². The first-order valence-electron chi connectivity index (χ1n) is 11.0. The molecule has 0 aliphatic rings. The van der Waals surface area contributed by atoms with Crippen LogP contribution in [0.5, 0.6) is 6.01 Å².